The molecule has 7 nitrogen and oxygen atoms in total. The van der Waals surface area contributed by atoms with Gasteiger partial charge in [-0.2, -0.15) is 5.10 Å². The topological polar surface area (TPSA) is 96.4 Å². The number of carbonyl (C=O) groups is 1. The van der Waals surface area contributed by atoms with Gasteiger partial charge in [0, 0.05) is 0 Å². The zero-order chi connectivity index (χ0) is 17.6. The van der Waals surface area contributed by atoms with Crippen molar-refractivity contribution in [1.82, 2.24) is 9.97 Å². The molecule has 0 saturated heterocycles. The second-order valence-electron chi connectivity index (χ2n) is 5.14. The molecular weight excluding hydrogens is 320 g/mol. The summed E-state index contributed by atoms with van der Waals surface area (Å²) in [4.78, 5) is 30.6. The summed E-state index contributed by atoms with van der Waals surface area (Å²) < 4.78 is 4.92. The molecule has 0 saturated carbocycles. The van der Waals surface area contributed by atoms with Gasteiger partial charge in [0.15, 0.2) is 0 Å². The SMILES string of the molecule is CCOC(=O)c1ccc(N/N=C/c2nc3ccccc3[nH]c2=O)cc1. The molecule has 1 heterocycles. The average molecular weight is 336 g/mol. The summed E-state index contributed by atoms with van der Waals surface area (Å²) in [7, 11) is 0. The third-order valence-corrected chi connectivity index (χ3v) is 3.40. The summed E-state index contributed by atoms with van der Waals surface area (Å²) >= 11 is 0. The Kier molecular flexibility index (Phi) is 4.84. The zero-order valence-electron chi connectivity index (χ0n) is 13.5. The number of carbonyl (C=O) groups excluding carboxylic acids is 1. The van der Waals surface area contributed by atoms with Crippen molar-refractivity contribution >= 4 is 28.9 Å². The van der Waals surface area contributed by atoms with E-state index in [1.807, 2.05) is 18.2 Å². The minimum absolute atomic E-state index is 0.203. The number of anilines is 1. The van der Waals surface area contributed by atoms with Crippen LogP contribution >= 0.6 is 0 Å². The van der Waals surface area contributed by atoms with E-state index in [4.69, 9.17) is 4.74 Å². The minimum Gasteiger partial charge on any atom is -0.462 e. The number of nitrogens with one attached hydrogen (secondary N) is 2. The van der Waals surface area contributed by atoms with Crippen LogP contribution in [0.3, 0.4) is 0 Å². The number of aromatic amines is 1. The highest BCUT2D eigenvalue weighted by Gasteiger charge is 2.05. The molecular formula is C18H16N4O3. The van der Waals surface area contributed by atoms with Crippen LogP contribution in [0.15, 0.2) is 58.4 Å². The lowest BCUT2D eigenvalue weighted by Gasteiger charge is -2.03. The van der Waals surface area contributed by atoms with Gasteiger partial charge in [-0.3, -0.25) is 10.2 Å². The van der Waals surface area contributed by atoms with E-state index in [1.165, 1.54) is 6.21 Å². The van der Waals surface area contributed by atoms with Gasteiger partial charge in [0.05, 0.1) is 35.1 Å². The Bertz CT molecular complexity index is 978. The van der Waals surface area contributed by atoms with Gasteiger partial charge in [0.1, 0.15) is 5.69 Å². The number of H-pyrrole nitrogens is 1. The lowest BCUT2D eigenvalue weighted by Crippen LogP contribution is -2.15. The van der Waals surface area contributed by atoms with E-state index in [0.29, 0.717) is 28.9 Å². The lowest BCUT2D eigenvalue weighted by atomic mass is 10.2. The van der Waals surface area contributed by atoms with Gasteiger partial charge in [0.2, 0.25) is 0 Å². The van der Waals surface area contributed by atoms with Crippen LogP contribution in [0.25, 0.3) is 11.0 Å². The van der Waals surface area contributed by atoms with Gasteiger partial charge in [-0.25, -0.2) is 9.78 Å². The molecule has 0 fully saturated rings. The molecule has 0 amide bonds. The number of aromatic nitrogens is 2. The van der Waals surface area contributed by atoms with Gasteiger partial charge >= 0.3 is 5.97 Å². The molecule has 0 bridgehead atoms. The van der Waals surface area contributed by atoms with Crippen molar-refractivity contribution < 1.29 is 9.53 Å². The Labute approximate surface area is 143 Å². The van der Waals surface area contributed by atoms with Crippen molar-refractivity contribution in [2.24, 2.45) is 5.10 Å². The van der Waals surface area contributed by atoms with Crippen molar-refractivity contribution in [2.45, 2.75) is 6.92 Å². The lowest BCUT2D eigenvalue weighted by molar-refractivity contribution is 0.0526. The fourth-order valence-electron chi connectivity index (χ4n) is 2.19. The van der Waals surface area contributed by atoms with Crippen molar-refractivity contribution in [3.63, 3.8) is 0 Å². The first-order chi connectivity index (χ1) is 12.2. The Morgan fingerprint density at radius 1 is 1.24 bits per heavy atom. The number of hydrogen-bond donors (Lipinski definition) is 2. The molecule has 0 unspecified atom stereocenters. The normalized spacial score (nSPS) is 10.9. The maximum Gasteiger partial charge on any atom is 0.338 e. The first-order valence-corrected chi connectivity index (χ1v) is 7.72. The van der Waals surface area contributed by atoms with Gasteiger partial charge in [-0.05, 0) is 43.3 Å². The van der Waals surface area contributed by atoms with Gasteiger partial charge < -0.3 is 9.72 Å². The van der Waals surface area contributed by atoms with E-state index in [1.54, 1.807) is 37.3 Å². The van der Waals surface area contributed by atoms with Crippen LogP contribution in [0, 0.1) is 0 Å². The quantitative estimate of drug-likeness (QED) is 0.424. The van der Waals surface area contributed by atoms with Crippen molar-refractivity contribution in [1.29, 1.82) is 0 Å². The summed E-state index contributed by atoms with van der Waals surface area (Å²) in [6.07, 6.45) is 1.35. The van der Waals surface area contributed by atoms with E-state index < -0.39 is 0 Å². The molecule has 0 radical (unpaired) electrons. The maximum atomic E-state index is 12.0. The maximum absolute atomic E-state index is 12.0. The molecule has 0 aliphatic heterocycles. The van der Waals surface area contributed by atoms with Crippen molar-refractivity contribution in [3.8, 4) is 0 Å². The zero-order valence-corrected chi connectivity index (χ0v) is 13.5. The van der Waals surface area contributed by atoms with E-state index in [9.17, 15) is 9.59 Å². The van der Waals surface area contributed by atoms with Crippen LogP contribution in [-0.4, -0.2) is 28.8 Å². The van der Waals surface area contributed by atoms with Crippen molar-refractivity contribution in [3.05, 3.63) is 70.1 Å². The Morgan fingerprint density at radius 3 is 2.76 bits per heavy atom. The third kappa shape index (κ3) is 3.89. The fraction of sp³-hybridized carbons (Fsp3) is 0.111. The molecule has 0 aliphatic rings. The van der Waals surface area contributed by atoms with Crippen LogP contribution in [0.5, 0.6) is 0 Å². The molecule has 2 aromatic carbocycles. The molecule has 0 aliphatic carbocycles. The van der Waals surface area contributed by atoms with Crippen molar-refractivity contribution in [2.75, 3.05) is 12.0 Å². The Balaban J connectivity index is 1.72. The van der Waals surface area contributed by atoms with E-state index in [-0.39, 0.29) is 17.2 Å². The number of rotatable bonds is 5. The van der Waals surface area contributed by atoms with Gasteiger partial charge in [-0.1, -0.05) is 12.1 Å². The molecule has 126 valence electrons. The third-order valence-electron chi connectivity index (χ3n) is 3.40. The summed E-state index contributed by atoms with van der Waals surface area (Å²) in [5.74, 6) is -0.371. The van der Waals surface area contributed by atoms with Gasteiger partial charge in [-0.15, -0.1) is 0 Å². The molecule has 2 N–H and O–H groups in total. The number of para-hydroxylation sites is 2. The number of hydrogen-bond acceptors (Lipinski definition) is 6. The van der Waals surface area contributed by atoms with E-state index in [2.05, 4.69) is 20.5 Å². The Hall–Kier alpha value is -3.48. The number of fused-ring (bicyclic) bond motifs is 1. The van der Waals surface area contributed by atoms with Crippen LogP contribution in [0.2, 0.25) is 0 Å². The second-order valence-corrected chi connectivity index (χ2v) is 5.14. The number of esters is 1. The predicted molar refractivity (Wildman–Crippen MR) is 96.0 cm³/mol. The van der Waals surface area contributed by atoms with Crippen LogP contribution in [0.4, 0.5) is 5.69 Å². The summed E-state index contributed by atoms with van der Waals surface area (Å²) in [5.41, 5.74) is 5.16. The minimum atomic E-state index is -0.371. The van der Waals surface area contributed by atoms with Crippen LogP contribution in [-0.2, 0) is 4.74 Å². The fourth-order valence-corrected chi connectivity index (χ4v) is 2.19. The molecule has 25 heavy (non-hydrogen) atoms. The highest BCUT2D eigenvalue weighted by molar-refractivity contribution is 5.89. The summed E-state index contributed by atoms with van der Waals surface area (Å²) in [6.45, 7) is 2.08. The van der Waals surface area contributed by atoms with Crippen LogP contribution < -0.4 is 11.0 Å². The number of ether oxygens (including phenoxy) is 1. The molecule has 3 rings (SSSR count). The molecule has 0 atom stereocenters. The number of benzene rings is 2. The van der Waals surface area contributed by atoms with E-state index >= 15 is 0 Å². The predicted octanol–water partition coefficient (Wildman–Crippen LogP) is 2.55. The molecule has 7 heteroatoms. The molecule has 1 aromatic heterocycles. The molecule has 0 spiro atoms. The van der Waals surface area contributed by atoms with E-state index in [0.717, 1.165) is 0 Å². The smallest absolute Gasteiger partial charge is 0.338 e. The summed E-state index contributed by atoms with van der Waals surface area (Å²) in [5, 5.41) is 4.02. The monoisotopic (exact) mass is 336 g/mol. The highest BCUT2D eigenvalue weighted by atomic mass is 16.5. The largest absolute Gasteiger partial charge is 0.462 e. The standard InChI is InChI=1S/C18H16N4O3/c1-2-25-18(24)12-7-9-13(10-8-12)22-19-11-16-17(23)21-15-6-4-3-5-14(15)20-16/h3-11,22H,2H2,1H3,(H,21,23)/b19-11+. The van der Waals surface area contributed by atoms with Crippen LogP contribution in [0.1, 0.15) is 23.0 Å². The second kappa shape index (κ2) is 7.39. The number of nitrogens with zero attached hydrogens (tertiary/aromatic N) is 2. The first kappa shape index (κ1) is 16.4. The highest BCUT2D eigenvalue weighted by Crippen LogP contribution is 2.10. The Morgan fingerprint density at radius 2 is 2.00 bits per heavy atom. The average Bonchev–Trinajstić information content (AvgIpc) is 2.63. The number of hydrazone groups is 1. The summed E-state index contributed by atoms with van der Waals surface area (Å²) in [6, 6.07) is 13.9. The molecule has 3 aromatic rings. The first-order valence-electron chi connectivity index (χ1n) is 7.72. The van der Waals surface area contributed by atoms with Gasteiger partial charge in [0.25, 0.3) is 5.56 Å².